The second-order valence-electron chi connectivity index (χ2n) is 10.9. The van der Waals surface area contributed by atoms with E-state index in [1.54, 1.807) is 10.9 Å². The molecule has 1 fully saturated rings. The summed E-state index contributed by atoms with van der Waals surface area (Å²) in [6.07, 6.45) is 4.45. The highest BCUT2D eigenvalue weighted by atomic mass is 16.5. The summed E-state index contributed by atoms with van der Waals surface area (Å²) < 4.78 is 13.3. The highest BCUT2D eigenvalue weighted by Gasteiger charge is 2.27. The maximum absolute atomic E-state index is 13.1. The van der Waals surface area contributed by atoms with Crippen LogP contribution in [0.1, 0.15) is 17.7 Å². The number of hydrogen-bond acceptors (Lipinski definition) is 9. The first-order valence-electron chi connectivity index (χ1n) is 14.2. The van der Waals surface area contributed by atoms with Gasteiger partial charge in [-0.2, -0.15) is 5.10 Å². The summed E-state index contributed by atoms with van der Waals surface area (Å²) in [7, 11) is 1.89. The van der Waals surface area contributed by atoms with Crippen LogP contribution < -0.4 is 15.4 Å². The molecule has 3 N–H and O–H groups in total. The summed E-state index contributed by atoms with van der Waals surface area (Å²) >= 11 is 0. The van der Waals surface area contributed by atoms with E-state index < -0.39 is 0 Å². The maximum Gasteiger partial charge on any atom is 0.262 e. The molecule has 218 valence electrons. The molecule has 12 heteroatoms. The summed E-state index contributed by atoms with van der Waals surface area (Å²) in [4.78, 5) is 27.8. The van der Waals surface area contributed by atoms with E-state index in [1.807, 2.05) is 75.6 Å². The first-order chi connectivity index (χ1) is 20.9. The fraction of sp³-hybridized carbons (Fsp3) is 0.258. The van der Waals surface area contributed by atoms with Gasteiger partial charge in [-0.05, 0) is 49.2 Å². The second kappa shape index (κ2) is 10.9. The SMILES string of the molecule is Cc1cnc(Nc2cc(C)n(C)n2)nc1-c1c[nH]c2c(NC(=O)CN3CCC(Oc4noc5ccccc45)C3)cccc12. The van der Waals surface area contributed by atoms with E-state index in [-0.39, 0.29) is 18.6 Å². The van der Waals surface area contributed by atoms with Gasteiger partial charge in [0.1, 0.15) is 6.10 Å². The fourth-order valence-electron chi connectivity index (χ4n) is 5.50. The van der Waals surface area contributed by atoms with Crippen LogP contribution in [0.15, 0.2) is 65.4 Å². The van der Waals surface area contributed by atoms with Crippen molar-refractivity contribution in [3.05, 3.63) is 72.2 Å². The Labute approximate surface area is 247 Å². The van der Waals surface area contributed by atoms with Crippen LogP contribution in [0, 0.1) is 13.8 Å². The summed E-state index contributed by atoms with van der Waals surface area (Å²) in [5.41, 5.74) is 5.92. The molecule has 2 aromatic carbocycles. The van der Waals surface area contributed by atoms with Crippen LogP contribution in [0.5, 0.6) is 5.88 Å². The van der Waals surface area contributed by atoms with E-state index in [2.05, 4.69) is 35.8 Å². The lowest BCUT2D eigenvalue weighted by atomic mass is 10.1. The van der Waals surface area contributed by atoms with E-state index in [0.29, 0.717) is 35.5 Å². The van der Waals surface area contributed by atoms with Crippen LogP contribution >= 0.6 is 0 Å². The molecule has 1 atom stereocenters. The predicted molar refractivity (Wildman–Crippen MR) is 163 cm³/mol. The molecule has 4 aromatic heterocycles. The van der Waals surface area contributed by atoms with Gasteiger partial charge in [0.15, 0.2) is 11.4 Å². The van der Waals surface area contributed by atoms with Crippen molar-refractivity contribution in [2.45, 2.75) is 26.4 Å². The Hall–Kier alpha value is -5.23. The number of ether oxygens (including phenoxy) is 1. The van der Waals surface area contributed by atoms with Crippen molar-refractivity contribution in [1.29, 1.82) is 0 Å². The topological polar surface area (TPSA) is 139 Å². The highest BCUT2D eigenvalue weighted by Crippen LogP contribution is 2.34. The van der Waals surface area contributed by atoms with Crippen LogP contribution in [-0.4, -0.2) is 66.4 Å². The van der Waals surface area contributed by atoms with Crippen molar-refractivity contribution >= 4 is 45.2 Å². The number of amides is 1. The number of likely N-dealkylation sites (tertiary alicyclic amines) is 1. The van der Waals surface area contributed by atoms with Crippen molar-refractivity contribution in [2.24, 2.45) is 7.05 Å². The van der Waals surface area contributed by atoms with Gasteiger partial charge >= 0.3 is 0 Å². The van der Waals surface area contributed by atoms with Crippen LogP contribution in [0.25, 0.3) is 33.1 Å². The molecule has 1 amide bonds. The number of benzene rings is 2. The van der Waals surface area contributed by atoms with Crippen LogP contribution in [-0.2, 0) is 11.8 Å². The minimum absolute atomic E-state index is 0.0621. The van der Waals surface area contributed by atoms with Crippen molar-refractivity contribution in [3.63, 3.8) is 0 Å². The zero-order valence-corrected chi connectivity index (χ0v) is 24.1. The molecule has 6 aromatic rings. The quantitative estimate of drug-likeness (QED) is 0.229. The van der Waals surface area contributed by atoms with Gasteiger partial charge < -0.3 is 24.9 Å². The third kappa shape index (κ3) is 5.28. The molecule has 0 saturated carbocycles. The Morgan fingerprint density at radius 2 is 2.02 bits per heavy atom. The van der Waals surface area contributed by atoms with Gasteiger partial charge in [0.25, 0.3) is 5.88 Å². The Bertz CT molecular complexity index is 1940. The number of para-hydroxylation sites is 2. The normalized spacial score (nSPS) is 15.4. The van der Waals surface area contributed by atoms with E-state index >= 15 is 0 Å². The molecule has 1 unspecified atom stereocenters. The van der Waals surface area contributed by atoms with E-state index in [9.17, 15) is 4.79 Å². The number of nitrogens with zero attached hydrogens (tertiary/aromatic N) is 6. The second-order valence-corrected chi connectivity index (χ2v) is 10.9. The predicted octanol–water partition coefficient (Wildman–Crippen LogP) is 4.95. The molecular formula is C31H31N9O3. The molecular weight excluding hydrogens is 546 g/mol. The van der Waals surface area contributed by atoms with Crippen LogP contribution in [0.4, 0.5) is 17.5 Å². The van der Waals surface area contributed by atoms with Crippen molar-refractivity contribution < 1.29 is 14.1 Å². The monoisotopic (exact) mass is 577 g/mol. The molecule has 0 aliphatic carbocycles. The number of H-pyrrole nitrogens is 1. The first-order valence-corrected chi connectivity index (χ1v) is 14.2. The zero-order chi connectivity index (χ0) is 29.5. The summed E-state index contributed by atoms with van der Waals surface area (Å²) in [5.74, 6) is 1.55. The lowest BCUT2D eigenvalue weighted by Gasteiger charge is -2.16. The van der Waals surface area contributed by atoms with Gasteiger partial charge in [0, 0.05) is 55.2 Å². The van der Waals surface area contributed by atoms with Crippen LogP contribution in [0.3, 0.4) is 0 Å². The van der Waals surface area contributed by atoms with E-state index in [4.69, 9.17) is 14.2 Å². The van der Waals surface area contributed by atoms with E-state index in [0.717, 1.165) is 51.8 Å². The van der Waals surface area contributed by atoms with Gasteiger partial charge in [-0.3, -0.25) is 14.4 Å². The van der Waals surface area contributed by atoms with Gasteiger partial charge in [0.05, 0.1) is 28.8 Å². The Kier molecular flexibility index (Phi) is 6.74. The molecule has 43 heavy (non-hydrogen) atoms. The molecule has 12 nitrogen and oxygen atoms in total. The van der Waals surface area contributed by atoms with E-state index in [1.165, 1.54) is 0 Å². The number of carbonyl (C=O) groups is 1. The van der Waals surface area contributed by atoms with Gasteiger partial charge in [-0.25, -0.2) is 9.97 Å². The highest BCUT2D eigenvalue weighted by molar-refractivity contribution is 6.06. The number of aromatic amines is 1. The molecule has 0 radical (unpaired) electrons. The number of nitrogens with one attached hydrogen (secondary N) is 3. The van der Waals surface area contributed by atoms with Crippen molar-refractivity contribution in [1.82, 2.24) is 34.8 Å². The lowest BCUT2D eigenvalue weighted by Crippen LogP contribution is -2.33. The minimum atomic E-state index is -0.0912. The smallest absolute Gasteiger partial charge is 0.262 e. The number of rotatable bonds is 8. The van der Waals surface area contributed by atoms with Crippen molar-refractivity contribution in [2.75, 3.05) is 30.3 Å². The average molecular weight is 578 g/mol. The largest absolute Gasteiger partial charge is 0.470 e. The van der Waals surface area contributed by atoms with Gasteiger partial charge in [0.2, 0.25) is 11.9 Å². The standard InChI is InChI=1S/C31H31N9O3/c1-18-14-33-31(35-26-13-19(2)39(3)37-26)36-28(18)23-15-32-29-21(23)8-6-9-24(29)34-27(41)17-40-12-11-20(16-40)42-30-22-7-4-5-10-25(22)43-38-30/h4-10,13-15,20,32H,11-12,16-17H2,1-3H3,(H,34,41)(H,33,35,36,37). The number of aromatic nitrogens is 6. The van der Waals surface area contributed by atoms with Crippen molar-refractivity contribution in [3.8, 4) is 17.1 Å². The molecule has 0 bridgehead atoms. The Morgan fingerprint density at radius 3 is 2.88 bits per heavy atom. The maximum atomic E-state index is 13.1. The first kappa shape index (κ1) is 26.7. The summed E-state index contributed by atoms with van der Waals surface area (Å²) in [5, 5.41) is 16.6. The molecule has 0 spiro atoms. The minimum Gasteiger partial charge on any atom is -0.470 e. The number of aryl methyl sites for hydroxylation is 3. The average Bonchev–Trinajstić information content (AvgIpc) is 3.78. The lowest BCUT2D eigenvalue weighted by molar-refractivity contribution is -0.117. The number of fused-ring (bicyclic) bond motifs is 2. The Balaban J connectivity index is 1.03. The number of anilines is 3. The Morgan fingerprint density at radius 1 is 1.16 bits per heavy atom. The summed E-state index contributed by atoms with van der Waals surface area (Å²) in [6, 6.07) is 15.4. The summed E-state index contributed by atoms with van der Waals surface area (Å²) in [6.45, 7) is 5.61. The number of carbonyl (C=O) groups excluding carboxylic acids is 1. The number of hydrogen-bond donors (Lipinski definition) is 3. The molecule has 1 aliphatic rings. The van der Waals surface area contributed by atoms with Gasteiger partial charge in [-0.15, -0.1) is 0 Å². The molecule has 1 aliphatic heterocycles. The van der Waals surface area contributed by atoms with Gasteiger partial charge in [-0.1, -0.05) is 24.3 Å². The van der Waals surface area contributed by atoms with Crippen LogP contribution in [0.2, 0.25) is 0 Å². The fourth-order valence-corrected chi connectivity index (χ4v) is 5.50. The third-order valence-corrected chi connectivity index (χ3v) is 7.79. The zero-order valence-electron chi connectivity index (χ0n) is 24.1. The molecule has 5 heterocycles. The molecule has 7 rings (SSSR count). The molecule has 1 saturated heterocycles. The third-order valence-electron chi connectivity index (χ3n) is 7.79.